The molecule has 3 aromatic rings. The third-order valence-electron chi connectivity index (χ3n) is 2.89. The van der Waals surface area contributed by atoms with Crippen LogP contribution in [0.1, 0.15) is 0 Å². The molecule has 3 rings (SSSR count). The topological polar surface area (TPSA) is 59.7 Å². The van der Waals surface area contributed by atoms with Crippen LogP contribution in [0.5, 0.6) is 5.75 Å². The molecule has 0 bridgehead atoms. The van der Waals surface area contributed by atoms with Crippen molar-refractivity contribution in [2.75, 3.05) is 6.61 Å². The lowest BCUT2D eigenvalue weighted by Gasteiger charge is -2.15. The molecular formula is C14H11F2N3O2. The largest absolute Gasteiger partial charge is 0.431 e. The maximum Gasteiger partial charge on any atom is 0.421 e. The van der Waals surface area contributed by atoms with Gasteiger partial charge in [-0.1, -0.05) is 12.1 Å². The number of aliphatic hydroxyl groups is 1. The standard InChI is InChI=1S/C14H11F2N3O2/c15-14(16,9-20)21-12-3-1-10(2-4-12)11-7-17-13-5-6-18-19(13)8-11/h1-8,20H,9H2. The predicted octanol–water partition coefficient (Wildman–Crippen LogP) is 2.36. The van der Waals surface area contributed by atoms with Gasteiger partial charge in [-0.3, -0.25) is 0 Å². The molecule has 0 saturated carbocycles. The molecule has 0 aliphatic heterocycles. The smallest absolute Gasteiger partial charge is 0.421 e. The number of nitrogens with zero attached hydrogens (tertiary/aromatic N) is 3. The van der Waals surface area contributed by atoms with Crippen molar-refractivity contribution < 1.29 is 18.6 Å². The molecule has 1 N–H and O–H groups in total. The van der Waals surface area contributed by atoms with Crippen LogP contribution in [0, 0.1) is 0 Å². The van der Waals surface area contributed by atoms with E-state index < -0.39 is 12.7 Å². The first-order chi connectivity index (χ1) is 10.1. The molecule has 0 atom stereocenters. The van der Waals surface area contributed by atoms with Crippen LogP contribution in [-0.2, 0) is 0 Å². The number of aromatic nitrogens is 3. The molecular weight excluding hydrogens is 280 g/mol. The number of ether oxygens (including phenoxy) is 1. The van der Waals surface area contributed by atoms with Crippen LogP contribution < -0.4 is 4.74 Å². The average molecular weight is 291 g/mol. The number of halogens is 2. The van der Waals surface area contributed by atoms with Gasteiger partial charge in [0.25, 0.3) is 0 Å². The summed E-state index contributed by atoms with van der Waals surface area (Å²) in [6.45, 7) is -1.37. The quantitative estimate of drug-likeness (QED) is 0.801. The van der Waals surface area contributed by atoms with Gasteiger partial charge < -0.3 is 9.84 Å². The Morgan fingerprint density at radius 2 is 1.90 bits per heavy atom. The summed E-state index contributed by atoms with van der Waals surface area (Å²) in [6, 6.07) is 7.86. The second kappa shape index (κ2) is 5.10. The summed E-state index contributed by atoms with van der Waals surface area (Å²) in [5.74, 6) is -0.0223. The Kier molecular flexibility index (Phi) is 3.26. The van der Waals surface area contributed by atoms with Gasteiger partial charge in [0.2, 0.25) is 0 Å². The first-order valence-electron chi connectivity index (χ1n) is 6.15. The molecule has 0 aliphatic carbocycles. The first kappa shape index (κ1) is 13.4. The summed E-state index contributed by atoms with van der Waals surface area (Å²) in [5, 5.41) is 12.6. The minimum absolute atomic E-state index is 0.0223. The molecule has 21 heavy (non-hydrogen) atoms. The van der Waals surface area contributed by atoms with Gasteiger partial charge in [0.05, 0.1) is 6.20 Å². The van der Waals surface area contributed by atoms with Crippen LogP contribution >= 0.6 is 0 Å². The van der Waals surface area contributed by atoms with E-state index in [2.05, 4.69) is 14.8 Å². The monoisotopic (exact) mass is 291 g/mol. The molecule has 2 heterocycles. The zero-order valence-corrected chi connectivity index (χ0v) is 10.8. The van der Waals surface area contributed by atoms with Crippen molar-refractivity contribution in [2.45, 2.75) is 6.11 Å². The van der Waals surface area contributed by atoms with Gasteiger partial charge in [-0.25, -0.2) is 9.50 Å². The van der Waals surface area contributed by atoms with E-state index in [1.165, 1.54) is 12.1 Å². The van der Waals surface area contributed by atoms with Gasteiger partial charge in [0.15, 0.2) is 5.65 Å². The summed E-state index contributed by atoms with van der Waals surface area (Å²) >= 11 is 0. The van der Waals surface area contributed by atoms with E-state index in [-0.39, 0.29) is 5.75 Å². The highest BCUT2D eigenvalue weighted by Gasteiger charge is 2.30. The van der Waals surface area contributed by atoms with E-state index in [1.54, 1.807) is 41.3 Å². The van der Waals surface area contributed by atoms with Crippen LogP contribution in [0.15, 0.2) is 48.9 Å². The number of benzene rings is 1. The van der Waals surface area contributed by atoms with Crippen molar-refractivity contribution in [3.05, 3.63) is 48.9 Å². The second-order valence-corrected chi connectivity index (χ2v) is 4.40. The third kappa shape index (κ3) is 2.82. The summed E-state index contributed by atoms with van der Waals surface area (Å²) in [4.78, 5) is 4.23. The minimum atomic E-state index is -3.59. The van der Waals surface area contributed by atoms with Crippen LogP contribution in [0.4, 0.5) is 8.78 Å². The van der Waals surface area contributed by atoms with E-state index in [0.717, 1.165) is 16.8 Å². The number of hydrogen-bond acceptors (Lipinski definition) is 4. The Bertz CT molecular complexity index is 756. The number of hydrogen-bond donors (Lipinski definition) is 1. The fraction of sp³-hybridized carbons (Fsp3) is 0.143. The van der Waals surface area contributed by atoms with E-state index >= 15 is 0 Å². The SMILES string of the molecule is OCC(F)(F)Oc1ccc(-c2cnc3ccnn3c2)cc1. The summed E-state index contributed by atoms with van der Waals surface area (Å²) in [6.07, 6.45) is 1.52. The van der Waals surface area contributed by atoms with Crippen molar-refractivity contribution >= 4 is 5.65 Å². The van der Waals surface area contributed by atoms with Crippen LogP contribution in [-0.4, -0.2) is 32.4 Å². The Labute approximate surface area is 118 Å². The summed E-state index contributed by atoms with van der Waals surface area (Å²) in [5.41, 5.74) is 2.31. The molecule has 0 radical (unpaired) electrons. The Morgan fingerprint density at radius 3 is 2.62 bits per heavy atom. The predicted molar refractivity (Wildman–Crippen MR) is 71.1 cm³/mol. The zero-order valence-electron chi connectivity index (χ0n) is 10.8. The normalized spacial score (nSPS) is 11.8. The summed E-state index contributed by atoms with van der Waals surface area (Å²) in [7, 11) is 0. The first-order valence-corrected chi connectivity index (χ1v) is 6.15. The van der Waals surface area contributed by atoms with E-state index in [0.29, 0.717) is 0 Å². The molecule has 1 aromatic carbocycles. The maximum absolute atomic E-state index is 12.9. The highest BCUT2D eigenvalue weighted by molar-refractivity contribution is 5.63. The van der Waals surface area contributed by atoms with Crippen molar-refractivity contribution in [1.29, 1.82) is 0 Å². The molecule has 7 heteroatoms. The van der Waals surface area contributed by atoms with Gasteiger partial charge in [-0.15, -0.1) is 0 Å². The summed E-state index contributed by atoms with van der Waals surface area (Å²) < 4.78 is 31.8. The molecule has 0 amide bonds. The number of fused-ring (bicyclic) bond motifs is 1. The molecule has 0 unspecified atom stereocenters. The van der Waals surface area contributed by atoms with Crippen LogP contribution in [0.3, 0.4) is 0 Å². The highest BCUT2D eigenvalue weighted by Crippen LogP contribution is 2.25. The molecule has 0 spiro atoms. The minimum Gasteiger partial charge on any atom is -0.431 e. The second-order valence-electron chi connectivity index (χ2n) is 4.40. The molecule has 0 fully saturated rings. The van der Waals surface area contributed by atoms with Crippen molar-refractivity contribution in [3.8, 4) is 16.9 Å². The molecule has 0 aliphatic rings. The lowest BCUT2D eigenvalue weighted by molar-refractivity contribution is -0.200. The van der Waals surface area contributed by atoms with Crippen molar-refractivity contribution in [1.82, 2.24) is 14.6 Å². The third-order valence-corrected chi connectivity index (χ3v) is 2.89. The zero-order chi connectivity index (χ0) is 14.9. The van der Waals surface area contributed by atoms with Gasteiger partial charge in [0.1, 0.15) is 12.4 Å². The van der Waals surface area contributed by atoms with E-state index in [9.17, 15) is 8.78 Å². The van der Waals surface area contributed by atoms with Crippen LogP contribution in [0.25, 0.3) is 16.8 Å². The molecule has 5 nitrogen and oxygen atoms in total. The number of aliphatic hydroxyl groups excluding tert-OH is 1. The molecule has 2 aromatic heterocycles. The fourth-order valence-corrected chi connectivity index (χ4v) is 1.88. The van der Waals surface area contributed by atoms with Gasteiger partial charge in [0, 0.05) is 24.0 Å². The van der Waals surface area contributed by atoms with Gasteiger partial charge >= 0.3 is 6.11 Å². The van der Waals surface area contributed by atoms with Gasteiger partial charge in [-0.2, -0.15) is 13.9 Å². The number of rotatable bonds is 4. The Morgan fingerprint density at radius 1 is 1.14 bits per heavy atom. The van der Waals surface area contributed by atoms with E-state index in [1.807, 2.05) is 0 Å². The van der Waals surface area contributed by atoms with Crippen molar-refractivity contribution in [3.63, 3.8) is 0 Å². The lowest BCUT2D eigenvalue weighted by atomic mass is 10.1. The highest BCUT2D eigenvalue weighted by atomic mass is 19.3. The molecule has 0 saturated heterocycles. The van der Waals surface area contributed by atoms with Crippen LogP contribution in [0.2, 0.25) is 0 Å². The molecule has 108 valence electrons. The van der Waals surface area contributed by atoms with Crippen molar-refractivity contribution in [2.24, 2.45) is 0 Å². The van der Waals surface area contributed by atoms with Gasteiger partial charge in [-0.05, 0) is 17.7 Å². The lowest BCUT2D eigenvalue weighted by Crippen LogP contribution is -2.28. The number of alkyl halides is 2. The van der Waals surface area contributed by atoms with E-state index in [4.69, 9.17) is 5.11 Å². The Balaban J connectivity index is 1.86. The Hall–Kier alpha value is -2.54. The average Bonchev–Trinajstić information content (AvgIpc) is 2.95. The maximum atomic E-state index is 12.9. The fourth-order valence-electron chi connectivity index (χ4n) is 1.88.